The van der Waals surface area contributed by atoms with E-state index in [0.717, 1.165) is 11.8 Å². The first-order chi connectivity index (χ1) is 11.7. The molecule has 2 rings (SSSR count). The molecule has 1 aromatic carbocycles. The molecule has 1 aromatic heterocycles. The van der Waals surface area contributed by atoms with Gasteiger partial charge in [0, 0.05) is 0 Å². The van der Waals surface area contributed by atoms with Crippen molar-refractivity contribution in [2.24, 2.45) is 0 Å². The molecule has 134 valence electrons. The summed E-state index contributed by atoms with van der Waals surface area (Å²) < 4.78 is 37.1. The van der Waals surface area contributed by atoms with Crippen LogP contribution in [-0.4, -0.2) is 55.7 Å². The van der Waals surface area contributed by atoms with Gasteiger partial charge in [0.1, 0.15) is 12.3 Å². The quantitative estimate of drug-likeness (QED) is 0.661. The van der Waals surface area contributed by atoms with Crippen molar-refractivity contribution < 1.29 is 27.9 Å². The van der Waals surface area contributed by atoms with Crippen LogP contribution in [0.2, 0.25) is 0 Å². The number of aromatic hydroxyl groups is 1. The van der Waals surface area contributed by atoms with Gasteiger partial charge in [-0.25, -0.2) is 4.79 Å². The maximum Gasteiger partial charge on any atom is 0.405 e. The first-order valence-electron chi connectivity index (χ1n) is 6.59. The third-order valence-corrected chi connectivity index (χ3v) is 3.49. The van der Waals surface area contributed by atoms with E-state index in [4.69, 9.17) is 0 Å². The number of amides is 3. The minimum Gasteiger partial charge on any atom is -0.508 e. The lowest BCUT2D eigenvalue weighted by atomic mass is 10.3. The summed E-state index contributed by atoms with van der Waals surface area (Å²) in [5.41, 5.74) is 0.522. The number of benzene rings is 1. The van der Waals surface area contributed by atoms with Crippen molar-refractivity contribution in [2.45, 2.75) is 11.3 Å². The Kier molecular flexibility index (Phi) is 5.80. The number of nitrogens with one attached hydrogen (secondary N) is 2. The SMILES string of the molecule is O=C(CSc1nnnn1-c1ccc(O)cc1)NC(=O)NCC(F)(F)F. The van der Waals surface area contributed by atoms with E-state index < -0.39 is 24.7 Å². The Morgan fingerprint density at radius 1 is 1.24 bits per heavy atom. The topological polar surface area (TPSA) is 122 Å². The van der Waals surface area contributed by atoms with Crippen LogP contribution in [-0.2, 0) is 4.79 Å². The molecule has 0 saturated heterocycles. The summed E-state index contributed by atoms with van der Waals surface area (Å²) in [7, 11) is 0. The van der Waals surface area contributed by atoms with E-state index in [0.29, 0.717) is 5.69 Å². The second kappa shape index (κ2) is 7.83. The molecule has 0 aliphatic rings. The zero-order chi connectivity index (χ0) is 18.4. The van der Waals surface area contributed by atoms with E-state index >= 15 is 0 Å². The molecule has 1 heterocycles. The lowest BCUT2D eigenvalue weighted by Crippen LogP contribution is -2.43. The van der Waals surface area contributed by atoms with E-state index in [1.54, 1.807) is 17.4 Å². The van der Waals surface area contributed by atoms with Crippen molar-refractivity contribution >= 4 is 23.7 Å². The minimum atomic E-state index is -4.57. The molecule has 0 aliphatic carbocycles. The summed E-state index contributed by atoms with van der Waals surface area (Å²) in [5, 5.41) is 23.6. The molecular weight excluding hydrogens is 365 g/mol. The van der Waals surface area contributed by atoms with Crippen molar-refractivity contribution in [1.29, 1.82) is 0 Å². The molecule has 0 unspecified atom stereocenters. The predicted molar refractivity (Wildman–Crippen MR) is 79.1 cm³/mol. The van der Waals surface area contributed by atoms with Gasteiger partial charge in [0.25, 0.3) is 0 Å². The van der Waals surface area contributed by atoms with Gasteiger partial charge in [0.15, 0.2) is 0 Å². The summed E-state index contributed by atoms with van der Waals surface area (Å²) in [4.78, 5) is 22.7. The van der Waals surface area contributed by atoms with E-state index in [1.807, 2.05) is 0 Å². The average Bonchev–Trinajstić information content (AvgIpc) is 2.99. The zero-order valence-electron chi connectivity index (χ0n) is 12.3. The van der Waals surface area contributed by atoms with Crippen LogP contribution in [0.15, 0.2) is 29.4 Å². The highest BCUT2D eigenvalue weighted by molar-refractivity contribution is 7.99. The molecule has 25 heavy (non-hydrogen) atoms. The summed E-state index contributed by atoms with van der Waals surface area (Å²) in [6.45, 7) is -1.54. The summed E-state index contributed by atoms with van der Waals surface area (Å²) >= 11 is 0.877. The maximum atomic E-state index is 11.9. The Hall–Kier alpha value is -2.83. The van der Waals surface area contributed by atoms with Gasteiger partial charge in [-0.2, -0.15) is 17.9 Å². The van der Waals surface area contributed by atoms with Crippen molar-refractivity contribution in [2.75, 3.05) is 12.3 Å². The fourth-order valence-corrected chi connectivity index (χ4v) is 2.23. The van der Waals surface area contributed by atoms with Crippen molar-refractivity contribution in [3.63, 3.8) is 0 Å². The van der Waals surface area contributed by atoms with Crippen LogP contribution in [0.4, 0.5) is 18.0 Å². The zero-order valence-corrected chi connectivity index (χ0v) is 13.1. The van der Waals surface area contributed by atoms with Gasteiger partial charge in [-0.05, 0) is 34.7 Å². The first kappa shape index (κ1) is 18.5. The van der Waals surface area contributed by atoms with E-state index in [2.05, 4.69) is 15.5 Å². The molecule has 3 N–H and O–H groups in total. The molecule has 0 radical (unpaired) electrons. The Morgan fingerprint density at radius 3 is 2.56 bits per heavy atom. The number of halogens is 3. The number of imide groups is 1. The van der Waals surface area contributed by atoms with Gasteiger partial charge < -0.3 is 10.4 Å². The molecule has 0 atom stereocenters. The van der Waals surface area contributed by atoms with Gasteiger partial charge in [-0.3, -0.25) is 10.1 Å². The highest BCUT2D eigenvalue weighted by Gasteiger charge is 2.28. The van der Waals surface area contributed by atoms with Crippen LogP contribution in [0.25, 0.3) is 5.69 Å². The number of nitrogens with zero attached hydrogens (tertiary/aromatic N) is 4. The van der Waals surface area contributed by atoms with Crippen LogP contribution in [0.3, 0.4) is 0 Å². The number of carbonyl (C=O) groups is 2. The van der Waals surface area contributed by atoms with Gasteiger partial charge in [-0.1, -0.05) is 11.8 Å². The van der Waals surface area contributed by atoms with Crippen LogP contribution in [0.5, 0.6) is 5.75 Å². The first-order valence-corrected chi connectivity index (χ1v) is 7.58. The molecule has 0 fully saturated rings. The number of hydrogen-bond acceptors (Lipinski definition) is 7. The summed E-state index contributed by atoms with van der Waals surface area (Å²) in [6, 6.07) is 4.67. The number of hydrogen-bond donors (Lipinski definition) is 3. The fraction of sp³-hybridized carbons (Fsp3) is 0.250. The van der Waals surface area contributed by atoms with Crippen LogP contribution in [0.1, 0.15) is 0 Å². The standard InChI is InChI=1S/C12H11F3N6O3S/c13-12(14,15)6-16-10(24)17-9(23)5-25-11-18-19-20-21(11)7-1-3-8(22)4-2-7/h1-4,22H,5-6H2,(H2,16,17,23,24). The van der Waals surface area contributed by atoms with Crippen LogP contribution < -0.4 is 10.6 Å². The van der Waals surface area contributed by atoms with Gasteiger partial charge in [0.2, 0.25) is 11.1 Å². The molecular formula is C12H11F3N6O3S. The largest absolute Gasteiger partial charge is 0.508 e. The fourth-order valence-electron chi connectivity index (χ4n) is 1.54. The highest BCUT2D eigenvalue weighted by atomic mass is 32.2. The third-order valence-electron chi connectivity index (χ3n) is 2.57. The monoisotopic (exact) mass is 376 g/mol. The minimum absolute atomic E-state index is 0.0512. The third kappa shape index (κ3) is 5.95. The Balaban J connectivity index is 1.87. The van der Waals surface area contributed by atoms with Crippen molar-refractivity contribution in [1.82, 2.24) is 30.8 Å². The van der Waals surface area contributed by atoms with Crippen molar-refractivity contribution in [3.05, 3.63) is 24.3 Å². The van der Waals surface area contributed by atoms with E-state index in [-0.39, 0.29) is 16.7 Å². The Morgan fingerprint density at radius 2 is 1.92 bits per heavy atom. The van der Waals surface area contributed by atoms with Gasteiger partial charge in [0.05, 0.1) is 11.4 Å². The summed E-state index contributed by atoms with van der Waals surface area (Å²) in [6.07, 6.45) is -4.57. The van der Waals surface area contributed by atoms with Crippen LogP contribution in [0, 0.1) is 0 Å². The predicted octanol–water partition coefficient (Wildman–Crippen LogP) is 0.848. The number of rotatable bonds is 5. The lowest BCUT2D eigenvalue weighted by molar-refractivity contribution is -0.124. The summed E-state index contributed by atoms with van der Waals surface area (Å²) in [5.74, 6) is -1.06. The van der Waals surface area contributed by atoms with E-state index in [9.17, 15) is 27.9 Å². The molecule has 3 amide bonds. The number of tetrazole rings is 1. The normalized spacial score (nSPS) is 11.2. The Bertz CT molecular complexity index is 749. The number of carbonyl (C=O) groups excluding carboxylic acids is 2. The second-order valence-electron chi connectivity index (χ2n) is 4.52. The average molecular weight is 376 g/mol. The molecule has 0 bridgehead atoms. The highest BCUT2D eigenvalue weighted by Crippen LogP contribution is 2.19. The number of phenolic OH excluding ortho intramolecular Hbond substituents is 1. The molecule has 2 aromatic rings. The molecule has 0 spiro atoms. The van der Waals surface area contributed by atoms with Gasteiger partial charge >= 0.3 is 12.2 Å². The number of thioether (sulfide) groups is 1. The Labute approximate surface area is 142 Å². The maximum absolute atomic E-state index is 11.9. The number of phenols is 1. The smallest absolute Gasteiger partial charge is 0.405 e. The lowest BCUT2D eigenvalue weighted by Gasteiger charge is -2.09. The molecule has 13 heteroatoms. The number of alkyl halides is 3. The van der Waals surface area contributed by atoms with Crippen molar-refractivity contribution in [3.8, 4) is 11.4 Å². The molecule has 0 saturated carbocycles. The molecule has 9 nitrogen and oxygen atoms in total. The number of aromatic nitrogens is 4. The molecule has 0 aliphatic heterocycles. The number of urea groups is 1. The van der Waals surface area contributed by atoms with Gasteiger partial charge in [-0.15, -0.1) is 5.10 Å². The van der Waals surface area contributed by atoms with E-state index in [1.165, 1.54) is 22.1 Å². The van der Waals surface area contributed by atoms with Crippen LogP contribution >= 0.6 is 11.8 Å². The second-order valence-corrected chi connectivity index (χ2v) is 5.47.